The highest BCUT2D eigenvalue weighted by molar-refractivity contribution is 5.40. The molecule has 1 aromatic rings. The van der Waals surface area contributed by atoms with Crippen molar-refractivity contribution in [2.75, 3.05) is 27.2 Å². The third kappa shape index (κ3) is 4.38. The lowest BCUT2D eigenvalue weighted by Crippen LogP contribution is -2.22. The predicted molar refractivity (Wildman–Crippen MR) is 67.9 cm³/mol. The summed E-state index contributed by atoms with van der Waals surface area (Å²) < 4.78 is 13.1. The summed E-state index contributed by atoms with van der Waals surface area (Å²) in [6.07, 6.45) is 0.941. The van der Waals surface area contributed by atoms with Gasteiger partial charge >= 0.3 is 0 Å². The molecule has 0 fully saturated rings. The molecule has 1 rings (SSSR count). The molecule has 5 nitrogen and oxygen atoms in total. The Balaban J connectivity index is 2.70. The van der Waals surface area contributed by atoms with Gasteiger partial charge in [0.1, 0.15) is 5.82 Å². The van der Waals surface area contributed by atoms with Crippen molar-refractivity contribution in [1.29, 1.82) is 0 Å². The van der Waals surface area contributed by atoms with Gasteiger partial charge in [0.25, 0.3) is 5.69 Å². The molecule has 0 bridgehead atoms. The van der Waals surface area contributed by atoms with E-state index in [1.165, 1.54) is 12.1 Å². The number of nitrogens with one attached hydrogen (secondary N) is 1. The summed E-state index contributed by atoms with van der Waals surface area (Å²) in [7, 11) is 3.74. The van der Waals surface area contributed by atoms with Gasteiger partial charge in [0.2, 0.25) is 0 Å². The molecule has 0 aliphatic heterocycles. The van der Waals surface area contributed by atoms with E-state index in [9.17, 15) is 14.5 Å². The highest BCUT2D eigenvalue weighted by Crippen LogP contribution is 2.20. The Hall–Kier alpha value is -1.53. The molecule has 1 N–H and O–H groups in total. The van der Waals surface area contributed by atoms with Crippen LogP contribution in [0.15, 0.2) is 18.2 Å². The monoisotopic (exact) mass is 255 g/mol. The van der Waals surface area contributed by atoms with Gasteiger partial charge in [-0.15, -0.1) is 0 Å². The molecule has 6 heteroatoms. The Morgan fingerprint density at radius 1 is 1.50 bits per heavy atom. The van der Waals surface area contributed by atoms with Gasteiger partial charge in [0.15, 0.2) is 0 Å². The topological polar surface area (TPSA) is 58.4 Å². The quantitative estimate of drug-likeness (QED) is 0.458. The summed E-state index contributed by atoms with van der Waals surface area (Å²) in [6.45, 7) is 2.06. The molecule has 0 radical (unpaired) electrons. The van der Waals surface area contributed by atoms with E-state index in [1.54, 1.807) is 0 Å². The average molecular weight is 255 g/mol. The largest absolute Gasteiger partial charge is 0.320 e. The van der Waals surface area contributed by atoms with Crippen molar-refractivity contribution < 1.29 is 9.31 Å². The summed E-state index contributed by atoms with van der Waals surface area (Å²) in [5.41, 5.74) is 0.379. The van der Waals surface area contributed by atoms with Crippen molar-refractivity contribution in [1.82, 2.24) is 10.2 Å². The van der Waals surface area contributed by atoms with Crippen molar-refractivity contribution in [3.63, 3.8) is 0 Å². The minimum atomic E-state index is -0.476. The van der Waals surface area contributed by atoms with E-state index >= 15 is 0 Å². The molecule has 0 aliphatic carbocycles. The van der Waals surface area contributed by atoms with Gasteiger partial charge in [-0.05, 0) is 45.7 Å². The van der Waals surface area contributed by atoms with Crippen LogP contribution >= 0.6 is 0 Å². The summed E-state index contributed by atoms with van der Waals surface area (Å²) in [4.78, 5) is 12.3. The molecule has 0 aromatic heterocycles. The summed E-state index contributed by atoms with van der Waals surface area (Å²) in [6, 6.07) is 3.56. The van der Waals surface area contributed by atoms with E-state index in [4.69, 9.17) is 0 Å². The first-order chi connectivity index (χ1) is 8.54. The highest BCUT2D eigenvalue weighted by atomic mass is 19.1. The van der Waals surface area contributed by atoms with Crippen molar-refractivity contribution in [3.05, 3.63) is 39.7 Å². The number of hydrogen-bond acceptors (Lipinski definition) is 4. The van der Waals surface area contributed by atoms with Gasteiger partial charge in [0, 0.05) is 18.2 Å². The molecule has 0 amide bonds. The first-order valence-electron chi connectivity index (χ1n) is 5.80. The second-order valence-electron chi connectivity index (χ2n) is 4.23. The summed E-state index contributed by atoms with van der Waals surface area (Å²) in [5.74, 6) is -0.445. The van der Waals surface area contributed by atoms with E-state index < -0.39 is 10.7 Å². The van der Waals surface area contributed by atoms with E-state index in [1.807, 2.05) is 19.0 Å². The smallest absolute Gasteiger partial charge is 0.274 e. The molecule has 0 saturated heterocycles. The predicted octanol–water partition coefficient (Wildman–Crippen LogP) is 1.78. The van der Waals surface area contributed by atoms with E-state index in [0.29, 0.717) is 12.1 Å². The summed E-state index contributed by atoms with van der Waals surface area (Å²) >= 11 is 0. The van der Waals surface area contributed by atoms with Gasteiger partial charge in [-0.2, -0.15) is 0 Å². The zero-order valence-electron chi connectivity index (χ0n) is 10.6. The molecule has 0 saturated carbocycles. The van der Waals surface area contributed by atoms with Gasteiger partial charge < -0.3 is 10.2 Å². The lowest BCUT2D eigenvalue weighted by atomic mass is 10.1. The Labute approximate surface area is 106 Å². The van der Waals surface area contributed by atoms with Gasteiger partial charge in [-0.1, -0.05) is 0 Å². The van der Waals surface area contributed by atoms with E-state index in [2.05, 4.69) is 5.32 Å². The molecular formula is C12H18FN3O2. The summed E-state index contributed by atoms with van der Waals surface area (Å²) in [5, 5.41) is 13.9. The number of hydrogen-bond donors (Lipinski definition) is 1. The fourth-order valence-electron chi connectivity index (χ4n) is 1.75. The van der Waals surface area contributed by atoms with Gasteiger partial charge in [-0.25, -0.2) is 4.39 Å². The molecule has 100 valence electrons. The zero-order chi connectivity index (χ0) is 13.5. The van der Waals surface area contributed by atoms with Crippen molar-refractivity contribution in [2.45, 2.75) is 13.0 Å². The maximum absolute atomic E-state index is 13.1. The minimum Gasteiger partial charge on any atom is -0.320 e. The SMILES string of the molecule is CNCCCN(C)Cc1cc(F)ccc1[N+](=O)[O-]. The van der Waals surface area contributed by atoms with E-state index in [0.717, 1.165) is 25.6 Å². The molecule has 0 spiro atoms. The third-order valence-corrected chi connectivity index (χ3v) is 2.65. The number of halogens is 1. The lowest BCUT2D eigenvalue weighted by Gasteiger charge is -2.16. The van der Waals surface area contributed by atoms with Crippen molar-refractivity contribution in [2.24, 2.45) is 0 Å². The normalized spacial score (nSPS) is 10.9. The molecule has 0 atom stereocenters. The van der Waals surface area contributed by atoms with Crippen LogP contribution in [0.1, 0.15) is 12.0 Å². The average Bonchev–Trinajstić information content (AvgIpc) is 2.29. The van der Waals surface area contributed by atoms with Crippen molar-refractivity contribution >= 4 is 5.69 Å². The van der Waals surface area contributed by atoms with Crippen LogP contribution in [0.2, 0.25) is 0 Å². The Kier molecular flexibility index (Phi) is 5.67. The number of rotatable bonds is 7. The second kappa shape index (κ2) is 7.03. The Morgan fingerprint density at radius 2 is 2.22 bits per heavy atom. The first-order valence-corrected chi connectivity index (χ1v) is 5.80. The van der Waals surface area contributed by atoms with Crippen LogP contribution in [-0.2, 0) is 6.54 Å². The number of benzene rings is 1. The molecule has 0 heterocycles. The standard InChI is InChI=1S/C12H18FN3O2/c1-14-6-3-7-15(2)9-10-8-11(13)4-5-12(10)16(17)18/h4-5,8,14H,3,6-7,9H2,1-2H3. The maximum atomic E-state index is 13.1. The molecule has 1 aromatic carbocycles. The fraction of sp³-hybridized carbons (Fsp3) is 0.500. The van der Waals surface area contributed by atoms with Crippen LogP contribution in [0.5, 0.6) is 0 Å². The lowest BCUT2D eigenvalue weighted by molar-refractivity contribution is -0.385. The molecular weight excluding hydrogens is 237 g/mol. The highest BCUT2D eigenvalue weighted by Gasteiger charge is 2.15. The molecule has 18 heavy (non-hydrogen) atoms. The minimum absolute atomic E-state index is 0.0307. The van der Waals surface area contributed by atoms with Crippen LogP contribution in [0.25, 0.3) is 0 Å². The van der Waals surface area contributed by atoms with Crippen LogP contribution in [0.4, 0.5) is 10.1 Å². The number of nitrogens with zero attached hydrogens (tertiary/aromatic N) is 2. The van der Waals surface area contributed by atoms with Crippen LogP contribution < -0.4 is 5.32 Å². The van der Waals surface area contributed by atoms with Crippen molar-refractivity contribution in [3.8, 4) is 0 Å². The van der Waals surface area contributed by atoms with E-state index in [-0.39, 0.29) is 5.69 Å². The number of nitro groups is 1. The van der Waals surface area contributed by atoms with Crippen LogP contribution in [0.3, 0.4) is 0 Å². The van der Waals surface area contributed by atoms with Crippen LogP contribution in [-0.4, -0.2) is 37.0 Å². The van der Waals surface area contributed by atoms with Crippen LogP contribution in [0, 0.1) is 15.9 Å². The molecule has 0 unspecified atom stereocenters. The second-order valence-corrected chi connectivity index (χ2v) is 4.23. The zero-order valence-corrected chi connectivity index (χ0v) is 10.6. The van der Waals surface area contributed by atoms with Gasteiger partial charge in [-0.3, -0.25) is 10.1 Å². The van der Waals surface area contributed by atoms with Gasteiger partial charge in [0.05, 0.1) is 4.92 Å². The maximum Gasteiger partial charge on any atom is 0.274 e. The Morgan fingerprint density at radius 3 is 2.83 bits per heavy atom. The Bertz CT molecular complexity index is 412. The number of nitro benzene ring substituents is 1. The third-order valence-electron chi connectivity index (χ3n) is 2.65. The fourth-order valence-corrected chi connectivity index (χ4v) is 1.75. The first kappa shape index (κ1) is 14.5. The molecule has 0 aliphatic rings.